The van der Waals surface area contributed by atoms with Gasteiger partial charge in [-0.1, -0.05) is 15.9 Å². The summed E-state index contributed by atoms with van der Waals surface area (Å²) in [5, 5.41) is 6.37. The number of rotatable bonds is 2. The third-order valence-electron chi connectivity index (χ3n) is 2.45. The minimum atomic E-state index is 0.823. The first-order chi connectivity index (χ1) is 8.74. The van der Waals surface area contributed by atoms with Crippen LogP contribution in [0.15, 0.2) is 44.9 Å². The van der Waals surface area contributed by atoms with Crippen LogP contribution < -0.4 is 5.32 Å². The number of hydrogen-bond acceptors (Lipinski definition) is 4. The van der Waals surface area contributed by atoms with E-state index in [0.717, 1.165) is 30.7 Å². The summed E-state index contributed by atoms with van der Waals surface area (Å²) < 4.78 is 2.02. The van der Waals surface area contributed by atoms with Gasteiger partial charge in [0.2, 0.25) is 0 Å². The first-order valence-corrected chi connectivity index (χ1v) is 7.61. The van der Waals surface area contributed by atoms with E-state index in [2.05, 4.69) is 47.1 Å². The van der Waals surface area contributed by atoms with Crippen molar-refractivity contribution < 1.29 is 0 Å². The summed E-state index contributed by atoms with van der Waals surface area (Å²) in [6.45, 7) is 0. The zero-order valence-electron chi connectivity index (χ0n) is 9.02. The molecule has 3 nitrogen and oxygen atoms in total. The Morgan fingerprint density at radius 1 is 1.11 bits per heavy atom. The molecule has 0 saturated carbocycles. The average molecular weight is 385 g/mol. The van der Waals surface area contributed by atoms with Crippen molar-refractivity contribution >= 4 is 64.9 Å². The van der Waals surface area contributed by atoms with Crippen molar-refractivity contribution in [1.82, 2.24) is 9.97 Å². The maximum atomic E-state index is 4.29. The van der Waals surface area contributed by atoms with E-state index in [0.29, 0.717) is 0 Å². The zero-order valence-corrected chi connectivity index (χ0v) is 13.0. The lowest BCUT2D eigenvalue weighted by atomic mass is 10.3. The molecule has 1 N–H and O–H groups in total. The quantitative estimate of drug-likeness (QED) is 0.678. The first kappa shape index (κ1) is 12.1. The molecule has 1 aromatic carbocycles. The molecule has 2 heterocycles. The van der Waals surface area contributed by atoms with Crippen molar-refractivity contribution in [2.75, 3.05) is 5.32 Å². The molecule has 3 rings (SSSR count). The lowest BCUT2D eigenvalue weighted by molar-refractivity contribution is 1.23. The van der Waals surface area contributed by atoms with Crippen molar-refractivity contribution in [2.24, 2.45) is 0 Å². The SMILES string of the molecule is Brc1ccc(Nc2ncnc3sccc23)c(Br)c1. The Hall–Kier alpha value is -0.980. The summed E-state index contributed by atoms with van der Waals surface area (Å²) in [6, 6.07) is 8.00. The van der Waals surface area contributed by atoms with Gasteiger partial charge in [-0.15, -0.1) is 11.3 Å². The average Bonchev–Trinajstić information content (AvgIpc) is 2.82. The van der Waals surface area contributed by atoms with Gasteiger partial charge in [-0.2, -0.15) is 0 Å². The van der Waals surface area contributed by atoms with E-state index in [1.165, 1.54) is 0 Å². The van der Waals surface area contributed by atoms with Gasteiger partial charge < -0.3 is 5.32 Å². The van der Waals surface area contributed by atoms with Crippen molar-refractivity contribution in [3.63, 3.8) is 0 Å². The van der Waals surface area contributed by atoms with Crippen LogP contribution in [-0.2, 0) is 0 Å². The molecule has 0 radical (unpaired) electrons. The molecule has 3 aromatic rings. The molecule has 0 atom stereocenters. The molecular formula is C12H7Br2N3S. The van der Waals surface area contributed by atoms with Crippen LogP contribution in [0.2, 0.25) is 0 Å². The van der Waals surface area contributed by atoms with Gasteiger partial charge in [-0.25, -0.2) is 9.97 Å². The van der Waals surface area contributed by atoms with Crippen LogP contribution in [0.4, 0.5) is 11.5 Å². The third-order valence-corrected chi connectivity index (χ3v) is 4.42. The minimum Gasteiger partial charge on any atom is -0.339 e. The minimum absolute atomic E-state index is 0.823. The smallest absolute Gasteiger partial charge is 0.142 e. The Morgan fingerprint density at radius 2 is 2.00 bits per heavy atom. The van der Waals surface area contributed by atoms with Crippen molar-refractivity contribution in [3.8, 4) is 0 Å². The molecule has 0 saturated heterocycles. The number of aromatic nitrogens is 2. The monoisotopic (exact) mass is 383 g/mol. The topological polar surface area (TPSA) is 37.8 Å². The second-order valence-corrected chi connectivity index (χ2v) is 6.28. The van der Waals surface area contributed by atoms with E-state index in [9.17, 15) is 0 Å². The fourth-order valence-electron chi connectivity index (χ4n) is 1.61. The third kappa shape index (κ3) is 2.28. The highest BCUT2D eigenvalue weighted by Crippen LogP contribution is 2.31. The van der Waals surface area contributed by atoms with Crippen LogP contribution in [0.25, 0.3) is 10.2 Å². The normalized spacial score (nSPS) is 10.8. The molecule has 0 aliphatic heterocycles. The van der Waals surface area contributed by atoms with Crippen LogP contribution in [0.5, 0.6) is 0 Å². The van der Waals surface area contributed by atoms with Gasteiger partial charge in [-0.05, 0) is 45.6 Å². The molecule has 0 bridgehead atoms. The highest BCUT2D eigenvalue weighted by atomic mass is 79.9. The fraction of sp³-hybridized carbons (Fsp3) is 0. The molecule has 0 aliphatic rings. The predicted molar refractivity (Wildman–Crippen MR) is 82.5 cm³/mol. The summed E-state index contributed by atoms with van der Waals surface area (Å²) in [6.07, 6.45) is 1.58. The molecule has 2 aromatic heterocycles. The summed E-state index contributed by atoms with van der Waals surface area (Å²) in [5.74, 6) is 0.823. The molecule has 0 aliphatic carbocycles. The van der Waals surface area contributed by atoms with E-state index < -0.39 is 0 Å². The Kier molecular flexibility index (Phi) is 3.32. The van der Waals surface area contributed by atoms with E-state index in [4.69, 9.17) is 0 Å². The first-order valence-electron chi connectivity index (χ1n) is 5.14. The summed E-state index contributed by atoms with van der Waals surface area (Å²) in [7, 11) is 0. The lowest BCUT2D eigenvalue weighted by Crippen LogP contribution is -1.95. The summed E-state index contributed by atoms with van der Waals surface area (Å²) in [4.78, 5) is 9.50. The van der Waals surface area contributed by atoms with E-state index in [-0.39, 0.29) is 0 Å². The van der Waals surface area contributed by atoms with Crippen molar-refractivity contribution in [3.05, 3.63) is 44.9 Å². The maximum Gasteiger partial charge on any atom is 0.142 e. The number of halogens is 2. The van der Waals surface area contributed by atoms with Gasteiger partial charge in [0.1, 0.15) is 17.0 Å². The highest BCUT2D eigenvalue weighted by Gasteiger charge is 2.07. The number of thiophene rings is 1. The highest BCUT2D eigenvalue weighted by molar-refractivity contribution is 9.11. The second kappa shape index (κ2) is 4.95. The Bertz CT molecular complexity index is 711. The standard InChI is InChI=1S/C12H7Br2N3S/c13-7-1-2-10(9(14)5-7)17-11-8-3-4-18-12(8)16-6-15-11/h1-6H,(H,15,16,17). The van der Waals surface area contributed by atoms with Gasteiger partial charge in [0.05, 0.1) is 11.1 Å². The predicted octanol–water partition coefficient (Wildman–Crippen LogP) is 4.96. The van der Waals surface area contributed by atoms with Crippen LogP contribution in [0, 0.1) is 0 Å². The number of nitrogens with zero attached hydrogens (tertiary/aromatic N) is 2. The van der Waals surface area contributed by atoms with Gasteiger partial charge >= 0.3 is 0 Å². The molecule has 0 unspecified atom stereocenters. The zero-order chi connectivity index (χ0) is 12.5. The Labute approximate surface area is 125 Å². The summed E-state index contributed by atoms with van der Waals surface area (Å²) in [5.41, 5.74) is 0.976. The Morgan fingerprint density at radius 3 is 2.83 bits per heavy atom. The van der Waals surface area contributed by atoms with E-state index >= 15 is 0 Å². The molecule has 90 valence electrons. The Balaban J connectivity index is 2.03. The number of fused-ring (bicyclic) bond motifs is 1. The van der Waals surface area contributed by atoms with Gasteiger partial charge in [0.15, 0.2) is 0 Å². The number of nitrogens with one attached hydrogen (secondary N) is 1. The van der Waals surface area contributed by atoms with Crippen LogP contribution in [0.1, 0.15) is 0 Å². The van der Waals surface area contributed by atoms with Crippen LogP contribution in [0.3, 0.4) is 0 Å². The number of benzene rings is 1. The van der Waals surface area contributed by atoms with Crippen LogP contribution in [-0.4, -0.2) is 9.97 Å². The van der Waals surface area contributed by atoms with E-state index in [1.54, 1.807) is 17.7 Å². The molecule has 6 heteroatoms. The largest absolute Gasteiger partial charge is 0.339 e. The van der Waals surface area contributed by atoms with Gasteiger partial charge in [0, 0.05) is 8.95 Å². The van der Waals surface area contributed by atoms with Gasteiger partial charge in [-0.3, -0.25) is 0 Å². The molecule has 18 heavy (non-hydrogen) atoms. The maximum absolute atomic E-state index is 4.29. The molecular weight excluding hydrogens is 378 g/mol. The van der Waals surface area contributed by atoms with Crippen LogP contribution >= 0.6 is 43.2 Å². The lowest BCUT2D eigenvalue weighted by Gasteiger charge is -2.08. The molecule has 0 fully saturated rings. The number of hydrogen-bond donors (Lipinski definition) is 1. The second-order valence-electron chi connectivity index (χ2n) is 3.61. The fourth-order valence-corrected chi connectivity index (χ4v) is 3.49. The van der Waals surface area contributed by atoms with E-state index in [1.807, 2.05) is 29.6 Å². The van der Waals surface area contributed by atoms with Crippen molar-refractivity contribution in [2.45, 2.75) is 0 Å². The molecule has 0 spiro atoms. The number of anilines is 2. The summed E-state index contributed by atoms with van der Waals surface area (Å²) >= 11 is 8.57. The molecule has 0 amide bonds. The van der Waals surface area contributed by atoms with Crippen molar-refractivity contribution in [1.29, 1.82) is 0 Å². The van der Waals surface area contributed by atoms with Gasteiger partial charge in [0.25, 0.3) is 0 Å².